The molecule has 0 saturated carbocycles. The van der Waals surface area contributed by atoms with Crippen molar-refractivity contribution < 1.29 is 9.47 Å². The Labute approximate surface area is 158 Å². The van der Waals surface area contributed by atoms with Gasteiger partial charge in [0.15, 0.2) is 0 Å². The number of nitrogens with one attached hydrogen (secondary N) is 1. The lowest BCUT2D eigenvalue weighted by atomic mass is 10.00. The molecule has 0 aliphatic carbocycles. The van der Waals surface area contributed by atoms with E-state index in [9.17, 15) is 0 Å². The number of hydrogen-bond donors (Lipinski definition) is 1. The van der Waals surface area contributed by atoms with E-state index in [4.69, 9.17) is 21.1 Å². The first-order valence-corrected chi connectivity index (χ1v) is 9.04. The van der Waals surface area contributed by atoms with E-state index in [1.54, 1.807) is 7.11 Å². The van der Waals surface area contributed by atoms with Gasteiger partial charge in [-0.25, -0.2) is 0 Å². The van der Waals surface area contributed by atoms with Crippen LogP contribution in [0, 0.1) is 0 Å². The van der Waals surface area contributed by atoms with Crippen molar-refractivity contribution in [2.24, 2.45) is 0 Å². The van der Waals surface area contributed by atoms with Crippen molar-refractivity contribution in [3.8, 4) is 22.6 Å². The average molecular weight is 366 g/mol. The maximum atomic E-state index is 6.42. The number of halogens is 1. The summed E-state index contributed by atoms with van der Waals surface area (Å²) in [5.74, 6) is 1.72. The van der Waals surface area contributed by atoms with Gasteiger partial charge < -0.3 is 14.8 Å². The van der Waals surface area contributed by atoms with Crippen LogP contribution in [0.3, 0.4) is 0 Å². The summed E-state index contributed by atoms with van der Waals surface area (Å²) >= 11 is 6.42. The van der Waals surface area contributed by atoms with Crippen LogP contribution in [0.2, 0.25) is 5.02 Å². The lowest BCUT2D eigenvalue weighted by Crippen LogP contribution is -2.23. The molecule has 1 aliphatic rings. The highest BCUT2D eigenvalue weighted by Gasteiger charge is 2.27. The molecule has 1 heterocycles. The Kier molecular flexibility index (Phi) is 4.72. The van der Waals surface area contributed by atoms with E-state index in [1.807, 2.05) is 48.5 Å². The van der Waals surface area contributed by atoms with Crippen LogP contribution >= 0.6 is 11.6 Å². The van der Waals surface area contributed by atoms with Gasteiger partial charge in [-0.3, -0.25) is 0 Å². The fourth-order valence-corrected chi connectivity index (χ4v) is 3.54. The largest absolute Gasteiger partial charge is 0.497 e. The zero-order valence-corrected chi connectivity index (χ0v) is 15.3. The highest BCUT2D eigenvalue weighted by atomic mass is 35.5. The number of para-hydroxylation sites is 1. The molecule has 0 fully saturated rings. The molecule has 0 aromatic heterocycles. The normalized spacial score (nSPS) is 15.2. The number of hydrogen-bond acceptors (Lipinski definition) is 3. The van der Waals surface area contributed by atoms with Gasteiger partial charge in [-0.1, -0.05) is 48.0 Å². The first kappa shape index (κ1) is 16.8. The molecule has 1 N–H and O–H groups in total. The lowest BCUT2D eigenvalue weighted by Gasteiger charge is -2.15. The Morgan fingerprint density at radius 3 is 2.58 bits per heavy atom. The average Bonchev–Trinajstić information content (AvgIpc) is 3.10. The molecule has 0 spiro atoms. The maximum Gasteiger partial charge on any atom is 0.131 e. The van der Waals surface area contributed by atoms with Gasteiger partial charge in [0.1, 0.15) is 17.6 Å². The third-order valence-electron chi connectivity index (χ3n) is 4.58. The van der Waals surface area contributed by atoms with Crippen molar-refractivity contribution in [1.29, 1.82) is 0 Å². The van der Waals surface area contributed by atoms with E-state index in [-0.39, 0.29) is 6.10 Å². The van der Waals surface area contributed by atoms with E-state index >= 15 is 0 Å². The number of rotatable bonds is 5. The first-order chi connectivity index (χ1) is 12.7. The fourth-order valence-electron chi connectivity index (χ4n) is 3.30. The van der Waals surface area contributed by atoms with Gasteiger partial charge >= 0.3 is 0 Å². The molecular weight excluding hydrogens is 346 g/mol. The second kappa shape index (κ2) is 7.30. The fraction of sp³-hybridized carbons (Fsp3) is 0.182. The van der Waals surface area contributed by atoms with E-state index < -0.39 is 0 Å². The molecule has 1 unspecified atom stereocenters. The summed E-state index contributed by atoms with van der Waals surface area (Å²) < 4.78 is 11.8. The molecule has 26 heavy (non-hydrogen) atoms. The third kappa shape index (κ3) is 3.35. The number of benzene rings is 3. The zero-order valence-electron chi connectivity index (χ0n) is 14.5. The number of anilines is 1. The molecule has 0 amide bonds. The molecule has 132 valence electrons. The Bertz CT molecular complexity index is 911. The number of fused-ring (bicyclic) bond motifs is 1. The summed E-state index contributed by atoms with van der Waals surface area (Å²) in [4.78, 5) is 0. The second-order valence-corrected chi connectivity index (χ2v) is 6.74. The molecule has 0 bridgehead atoms. The van der Waals surface area contributed by atoms with Crippen molar-refractivity contribution in [3.63, 3.8) is 0 Å². The Morgan fingerprint density at radius 1 is 1.04 bits per heavy atom. The van der Waals surface area contributed by atoms with Gasteiger partial charge in [0.05, 0.1) is 13.7 Å². The van der Waals surface area contributed by atoms with Crippen molar-refractivity contribution >= 4 is 17.3 Å². The van der Waals surface area contributed by atoms with Crippen LogP contribution in [0.4, 0.5) is 5.69 Å². The van der Waals surface area contributed by atoms with E-state index in [0.717, 1.165) is 46.8 Å². The highest BCUT2D eigenvalue weighted by molar-refractivity contribution is 6.33. The second-order valence-electron chi connectivity index (χ2n) is 6.33. The molecule has 1 atom stereocenters. The van der Waals surface area contributed by atoms with Crippen LogP contribution in [0.5, 0.6) is 11.5 Å². The van der Waals surface area contributed by atoms with Crippen LogP contribution < -0.4 is 14.8 Å². The van der Waals surface area contributed by atoms with Crippen molar-refractivity contribution in [2.45, 2.75) is 12.5 Å². The molecule has 0 radical (unpaired) electrons. The third-order valence-corrected chi connectivity index (χ3v) is 4.91. The minimum atomic E-state index is 0.0681. The molecule has 1 aliphatic heterocycles. The SMILES string of the molecule is COc1cc2c(c(-c3ccccc3Cl)c1)OC(CNc1ccccc1)C2. The molecule has 4 rings (SSSR count). The lowest BCUT2D eigenvalue weighted by molar-refractivity contribution is 0.247. The zero-order chi connectivity index (χ0) is 17.9. The Balaban J connectivity index is 1.61. The van der Waals surface area contributed by atoms with E-state index in [2.05, 4.69) is 23.5 Å². The van der Waals surface area contributed by atoms with Crippen LogP contribution in [0.15, 0.2) is 66.7 Å². The summed E-state index contributed by atoms with van der Waals surface area (Å²) in [5, 5.41) is 4.14. The predicted octanol–water partition coefficient (Wildman–Crippen LogP) is 5.43. The molecular formula is C22H20ClNO2. The summed E-state index contributed by atoms with van der Waals surface area (Å²) in [5.41, 5.74) is 4.18. The highest BCUT2D eigenvalue weighted by Crippen LogP contribution is 2.43. The van der Waals surface area contributed by atoms with Crippen molar-refractivity contribution in [3.05, 3.63) is 77.3 Å². The van der Waals surface area contributed by atoms with Gasteiger partial charge in [-0.2, -0.15) is 0 Å². The molecule has 3 nitrogen and oxygen atoms in total. The standard InChI is InChI=1S/C22H20ClNO2/c1-25-17-11-15-12-18(14-24-16-7-3-2-4-8-16)26-22(15)20(13-17)19-9-5-6-10-21(19)23/h2-11,13,18,24H,12,14H2,1H3. The van der Waals surface area contributed by atoms with Crippen molar-refractivity contribution in [2.75, 3.05) is 19.0 Å². The smallest absolute Gasteiger partial charge is 0.131 e. The molecule has 3 aromatic rings. The Morgan fingerprint density at radius 2 is 1.81 bits per heavy atom. The van der Waals surface area contributed by atoms with E-state index in [1.165, 1.54) is 0 Å². The predicted molar refractivity (Wildman–Crippen MR) is 106 cm³/mol. The first-order valence-electron chi connectivity index (χ1n) is 8.66. The van der Waals surface area contributed by atoms with E-state index in [0.29, 0.717) is 5.02 Å². The van der Waals surface area contributed by atoms with Gasteiger partial charge in [0.2, 0.25) is 0 Å². The van der Waals surface area contributed by atoms with Gasteiger partial charge in [0, 0.05) is 33.8 Å². The topological polar surface area (TPSA) is 30.5 Å². The molecule has 4 heteroatoms. The van der Waals surface area contributed by atoms with Gasteiger partial charge in [-0.15, -0.1) is 0 Å². The van der Waals surface area contributed by atoms with Crippen LogP contribution in [-0.2, 0) is 6.42 Å². The number of ether oxygens (including phenoxy) is 2. The summed E-state index contributed by atoms with van der Waals surface area (Å²) in [7, 11) is 1.68. The van der Waals surface area contributed by atoms with Crippen LogP contribution in [0.1, 0.15) is 5.56 Å². The molecule has 3 aromatic carbocycles. The van der Waals surface area contributed by atoms with Crippen LogP contribution in [0.25, 0.3) is 11.1 Å². The van der Waals surface area contributed by atoms with Crippen molar-refractivity contribution in [1.82, 2.24) is 0 Å². The molecule has 0 saturated heterocycles. The quantitative estimate of drug-likeness (QED) is 0.653. The summed E-state index contributed by atoms with van der Waals surface area (Å²) in [6.07, 6.45) is 0.905. The number of methoxy groups -OCH3 is 1. The van der Waals surface area contributed by atoms with Crippen LogP contribution in [-0.4, -0.2) is 19.8 Å². The van der Waals surface area contributed by atoms with Gasteiger partial charge in [-0.05, 0) is 30.3 Å². The minimum absolute atomic E-state index is 0.0681. The summed E-state index contributed by atoms with van der Waals surface area (Å²) in [6.45, 7) is 0.739. The monoisotopic (exact) mass is 365 g/mol. The van der Waals surface area contributed by atoms with Gasteiger partial charge in [0.25, 0.3) is 0 Å². The maximum absolute atomic E-state index is 6.42. The summed E-state index contributed by atoms with van der Waals surface area (Å²) in [6, 6.07) is 22.0. The Hall–Kier alpha value is -2.65. The minimum Gasteiger partial charge on any atom is -0.497 e.